The SMILES string of the molecule is Cc1nc(-c2ccccc2)ncc1C(=O)N1CCC(=O)N2CCCC21. The monoisotopic (exact) mass is 336 g/mol. The van der Waals surface area contributed by atoms with Crippen LogP contribution >= 0.6 is 0 Å². The van der Waals surface area contributed by atoms with Crippen molar-refractivity contribution in [3.8, 4) is 11.4 Å². The first-order chi connectivity index (χ1) is 12.1. The van der Waals surface area contributed by atoms with E-state index in [2.05, 4.69) is 9.97 Å². The highest BCUT2D eigenvalue weighted by Gasteiger charge is 2.40. The number of carbonyl (C=O) groups excluding carboxylic acids is 2. The normalized spacial score (nSPS) is 19.9. The molecule has 6 heteroatoms. The molecule has 2 aliphatic rings. The molecule has 2 aliphatic heterocycles. The molecule has 25 heavy (non-hydrogen) atoms. The van der Waals surface area contributed by atoms with Gasteiger partial charge in [0.25, 0.3) is 5.91 Å². The molecule has 0 aliphatic carbocycles. The Morgan fingerprint density at radius 3 is 2.76 bits per heavy atom. The van der Waals surface area contributed by atoms with Crippen LogP contribution in [-0.2, 0) is 4.79 Å². The van der Waals surface area contributed by atoms with Gasteiger partial charge in [-0.3, -0.25) is 9.59 Å². The van der Waals surface area contributed by atoms with Gasteiger partial charge in [-0.05, 0) is 19.8 Å². The summed E-state index contributed by atoms with van der Waals surface area (Å²) in [5, 5.41) is 0. The fourth-order valence-electron chi connectivity index (χ4n) is 3.67. The van der Waals surface area contributed by atoms with Crippen LogP contribution < -0.4 is 0 Å². The summed E-state index contributed by atoms with van der Waals surface area (Å²) in [6.07, 6.45) is 3.69. The molecule has 6 nitrogen and oxygen atoms in total. The third-order valence-corrected chi connectivity index (χ3v) is 4.97. The van der Waals surface area contributed by atoms with E-state index in [1.54, 1.807) is 6.20 Å². The van der Waals surface area contributed by atoms with Crippen molar-refractivity contribution in [2.24, 2.45) is 0 Å². The fraction of sp³-hybridized carbons (Fsp3) is 0.368. The molecule has 0 saturated carbocycles. The zero-order valence-electron chi connectivity index (χ0n) is 14.2. The maximum atomic E-state index is 13.0. The number of amides is 2. The van der Waals surface area contributed by atoms with E-state index < -0.39 is 0 Å². The Kier molecular flexibility index (Phi) is 3.95. The molecule has 1 unspecified atom stereocenters. The Labute approximate surface area is 146 Å². The molecule has 0 N–H and O–H groups in total. The number of hydrogen-bond acceptors (Lipinski definition) is 4. The van der Waals surface area contributed by atoms with Crippen LogP contribution in [0.5, 0.6) is 0 Å². The van der Waals surface area contributed by atoms with Crippen molar-refractivity contribution in [1.82, 2.24) is 19.8 Å². The van der Waals surface area contributed by atoms with Crippen LogP contribution in [0.4, 0.5) is 0 Å². The molecule has 0 bridgehead atoms. The van der Waals surface area contributed by atoms with Crippen LogP contribution in [0.25, 0.3) is 11.4 Å². The van der Waals surface area contributed by atoms with Crippen LogP contribution in [0.1, 0.15) is 35.3 Å². The van der Waals surface area contributed by atoms with Gasteiger partial charge in [0.15, 0.2) is 5.82 Å². The summed E-state index contributed by atoms with van der Waals surface area (Å²) in [5.74, 6) is 0.687. The van der Waals surface area contributed by atoms with Crippen molar-refractivity contribution in [1.29, 1.82) is 0 Å². The van der Waals surface area contributed by atoms with Crippen molar-refractivity contribution in [3.63, 3.8) is 0 Å². The lowest BCUT2D eigenvalue weighted by molar-refractivity contribution is -0.139. The summed E-state index contributed by atoms with van der Waals surface area (Å²) < 4.78 is 0. The van der Waals surface area contributed by atoms with Gasteiger partial charge >= 0.3 is 0 Å². The molecule has 2 fully saturated rings. The van der Waals surface area contributed by atoms with Gasteiger partial charge in [-0.25, -0.2) is 9.97 Å². The average molecular weight is 336 g/mol. The van der Waals surface area contributed by atoms with Crippen molar-refractivity contribution in [3.05, 3.63) is 47.8 Å². The number of fused-ring (bicyclic) bond motifs is 1. The molecule has 1 aromatic carbocycles. The molecule has 1 aromatic heterocycles. The molecule has 2 saturated heterocycles. The molecule has 0 radical (unpaired) electrons. The maximum Gasteiger partial charge on any atom is 0.258 e. The third-order valence-electron chi connectivity index (χ3n) is 4.97. The third kappa shape index (κ3) is 2.77. The molecule has 1 atom stereocenters. The number of carbonyl (C=O) groups is 2. The molecule has 2 aromatic rings. The van der Waals surface area contributed by atoms with Crippen LogP contribution in [0.15, 0.2) is 36.5 Å². The Balaban J connectivity index is 1.61. The number of aromatic nitrogens is 2. The lowest BCUT2D eigenvalue weighted by atomic mass is 10.1. The molecular formula is C19H20N4O2. The van der Waals surface area contributed by atoms with E-state index in [0.29, 0.717) is 30.0 Å². The maximum absolute atomic E-state index is 13.0. The van der Waals surface area contributed by atoms with Crippen molar-refractivity contribution in [2.75, 3.05) is 13.1 Å². The second kappa shape index (κ2) is 6.27. The largest absolute Gasteiger partial charge is 0.322 e. The highest BCUT2D eigenvalue weighted by molar-refractivity contribution is 5.96. The Bertz CT molecular complexity index is 821. The predicted octanol–water partition coefficient (Wildman–Crippen LogP) is 2.25. The summed E-state index contributed by atoms with van der Waals surface area (Å²) >= 11 is 0. The first-order valence-corrected chi connectivity index (χ1v) is 8.64. The minimum atomic E-state index is -0.109. The van der Waals surface area contributed by atoms with Crippen molar-refractivity contribution >= 4 is 11.8 Å². The highest BCUT2D eigenvalue weighted by Crippen LogP contribution is 2.28. The Hall–Kier alpha value is -2.76. The lowest BCUT2D eigenvalue weighted by Crippen LogP contribution is -2.55. The van der Waals surface area contributed by atoms with E-state index in [4.69, 9.17) is 0 Å². The molecule has 2 amide bonds. The predicted molar refractivity (Wildman–Crippen MR) is 92.6 cm³/mol. The summed E-state index contributed by atoms with van der Waals surface area (Å²) in [4.78, 5) is 37.6. The molecule has 128 valence electrons. The van der Waals surface area contributed by atoms with Crippen molar-refractivity contribution in [2.45, 2.75) is 32.4 Å². The number of benzene rings is 1. The van der Waals surface area contributed by atoms with Crippen LogP contribution in [0, 0.1) is 6.92 Å². The van der Waals surface area contributed by atoms with Crippen LogP contribution in [0.3, 0.4) is 0 Å². The topological polar surface area (TPSA) is 66.4 Å². The smallest absolute Gasteiger partial charge is 0.258 e. The van der Waals surface area contributed by atoms with E-state index in [-0.39, 0.29) is 18.0 Å². The first kappa shape index (κ1) is 15.7. The molecule has 4 rings (SSSR count). The number of nitrogens with zero attached hydrogens (tertiary/aromatic N) is 4. The number of rotatable bonds is 2. The van der Waals surface area contributed by atoms with E-state index in [1.807, 2.05) is 47.1 Å². The van der Waals surface area contributed by atoms with E-state index in [9.17, 15) is 9.59 Å². The van der Waals surface area contributed by atoms with Gasteiger partial charge in [0.2, 0.25) is 5.91 Å². The van der Waals surface area contributed by atoms with Gasteiger partial charge in [-0.1, -0.05) is 30.3 Å². The van der Waals surface area contributed by atoms with Gasteiger partial charge in [-0.2, -0.15) is 0 Å². The highest BCUT2D eigenvalue weighted by atomic mass is 16.2. The average Bonchev–Trinajstić information content (AvgIpc) is 3.13. The van der Waals surface area contributed by atoms with E-state index in [1.165, 1.54) is 0 Å². The van der Waals surface area contributed by atoms with Crippen molar-refractivity contribution < 1.29 is 9.59 Å². The first-order valence-electron chi connectivity index (χ1n) is 8.64. The minimum absolute atomic E-state index is 0.0819. The van der Waals surface area contributed by atoms with Gasteiger partial charge in [-0.15, -0.1) is 0 Å². The summed E-state index contributed by atoms with van der Waals surface area (Å²) in [5.41, 5.74) is 2.11. The van der Waals surface area contributed by atoms with Crippen LogP contribution in [0.2, 0.25) is 0 Å². The lowest BCUT2D eigenvalue weighted by Gasteiger charge is -2.39. The summed E-state index contributed by atoms with van der Waals surface area (Å²) in [6, 6.07) is 9.71. The van der Waals surface area contributed by atoms with E-state index in [0.717, 1.165) is 24.9 Å². The second-order valence-electron chi connectivity index (χ2n) is 6.52. The standard InChI is InChI=1S/C19H20N4O2/c1-13-15(12-20-18(21-13)14-6-3-2-4-7-14)19(25)23-11-9-17(24)22-10-5-8-16(22)23/h2-4,6-7,12,16H,5,8-11H2,1H3. The van der Waals surface area contributed by atoms with Gasteiger partial charge in [0, 0.05) is 31.3 Å². The minimum Gasteiger partial charge on any atom is -0.322 e. The Morgan fingerprint density at radius 2 is 2.00 bits per heavy atom. The molecule has 3 heterocycles. The number of hydrogen-bond donors (Lipinski definition) is 0. The van der Waals surface area contributed by atoms with E-state index >= 15 is 0 Å². The molecular weight excluding hydrogens is 316 g/mol. The quantitative estimate of drug-likeness (QED) is 0.844. The number of aryl methyl sites for hydroxylation is 1. The van der Waals surface area contributed by atoms with Crippen LogP contribution in [-0.4, -0.2) is 50.8 Å². The van der Waals surface area contributed by atoms with Gasteiger partial charge in [0.05, 0.1) is 11.3 Å². The van der Waals surface area contributed by atoms with Gasteiger partial charge < -0.3 is 9.80 Å². The zero-order valence-corrected chi connectivity index (χ0v) is 14.2. The zero-order chi connectivity index (χ0) is 17.4. The Morgan fingerprint density at radius 1 is 1.20 bits per heavy atom. The summed E-state index contributed by atoms with van der Waals surface area (Å²) in [6.45, 7) is 3.05. The second-order valence-corrected chi connectivity index (χ2v) is 6.52. The van der Waals surface area contributed by atoms with Gasteiger partial charge in [0.1, 0.15) is 6.17 Å². The summed E-state index contributed by atoms with van der Waals surface area (Å²) in [7, 11) is 0. The molecule has 0 spiro atoms. The fourth-order valence-corrected chi connectivity index (χ4v) is 3.67.